The molecule has 2 aliphatic rings. The van der Waals surface area contributed by atoms with E-state index in [-0.39, 0.29) is 30.7 Å². The van der Waals surface area contributed by atoms with E-state index in [1.54, 1.807) is 0 Å². The Balaban J connectivity index is 1.69. The summed E-state index contributed by atoms with van der Waals surface area (Å²) in [4.78, 5) is 40.3. The van der Waals surface area contributed by atoms with Gasteiger partial charge in [-0.25, -0.2) is 13.1 Å². The van der Waals surface area contributed by atoms with Crippen LogP contribution in [0.25, 0.3) is 10.9 Å². The summed E-state index contributed by atoms with van der Waals surface area (Å²) in [6, 6.07) is 7.14. The number of carboxylic acids is 1. The zero-order valence-electron chi connectivity index (χ0n) is 24.8. The standard InChI is InChI=1S/C31H46N4O6S/c1-3-23(21-12-6-7-13-21)28(25(31(38)39)19-33-42(2,40)41)30(37)34-26-18-22-20-35(27-15-9-8-14-24(22)27)17-11-5-4-10-16-32-29(26)36/h8-9,14-15,20-21,23,25-26,28,33H,3-7,10-13,16-19H2,1-2H3,(H,32,36)(H,34,37)(H,38,39)/t23?,25?,26-,28+/m0/s1. The third kappa shape index (κ3) is 8.12. The number of benzene rings is 1. The van der Waals surface area contributed by atoms with Gasteiger partial charge in [0.25, 0.3) is 0 Å². The van der Waals surface area contributed by atoms with Crippen LogP contribution in [0.5, 0.6) is 0 Å². The molecular formula is C31H46N4O6S. The van der Waals surface area contributed by atoms with E-state index < -0.39 is 39.8 Å². The lowest BCUT2D eigenvalue weighted by atomic mass is 9.72. The van der Waals surface area contributed by atoms with E-state index in [0.29, 0.717) is 13.0 Å². The van der Waals surface area contributed by atoms with Crippen LogP contribution in [0.15, 0.2) is 30.5 Å². The van der Waals surface area contributed by atoms with E-state index in [1.165, 1.54) is 0 Å². The van der Waals surface area contributed by atoms with Gasteiger partial charge in [0.2, 0.25) is 21.8 Å². The molecule has 0 saturated heterocycles. The van der Waals surface area contributed by atoms with Crippen molar-refractivity contribution in [1.82, 2.24) is 19.9 Å². The zero-order valence-corrected chi connectivity index (χ0v) is 25.6. The van der Waals surface area contributed by atoms with Crippen LogP contribution in [0, 0.1) is 23.7 Å². The van der Waals surface area contributed by atoms with Gasteiger partial charge in [0, 0.05) is 43.2 Å². The minimum Gasteiger partial charge on any atom is -0.481 e. The van der Waals surface area contributed by atoms with Crippen molar-refractivity contribution in [2.24, 2.45) is 23.7 Å². The highest BCUT2D eigenvalue weighted by atomic mass is 32.2. The summed E-state index contributed by atoms with van der Waals surface area (Å²) >= 11 is 0. The molecule has 232 valence electrons. The lowest BCUT2D eigenvalue weighted by Crippen LogP contribution is -2.54. The van der Waals surface area contributed by atoms with Gasteiger partial charge in [-0.05, 0) is 36.3 Å². The fourth-order valence-electron chi connectivity index (χ4n) is 7.01. The number of nitrogens with zero attached hydrogens (tertiary/aromatic N) is 1. The number of aliphatic carboxylic acids is 1. The number of nitrogens with one attached hydrogen (secondary N) is 3. The first-order valence-electron chi connectivity index (χ1n) is 15.4. The number of carbonyl (C=O) groups is 3. The molecule has 2 amide bonds. The van der Waals surface area contributed by atoms with Crippen molar-refractivity contribution >= 4 is 38.7 Å². The predicted octanol–water partition coefficient (Wildman–Crippen LogP) is 3.44. The van der Waals surface area contributed by atoms with Crippen LogP contribution in [0.1, 0.15) is 70.3 Å². The van der Waals surface area contributed by atoms with Crippen molar-refractivity contribution in [3.05, 3.63) is 36.0 Å². The molecule has 10 nitrogen and oxygen atoms in total. The molecule has 1 aliphatic carbocycles. The number of carboxylic acid groups (broad SMARTS) is 1. The summed E-state index contributed by atoms with van der Waals surface area (Å²) in [5, 5.41) is 17.2. The Morgan fingerprint density at radius 3 is 2.50 bits per heavy atom. The summed E-state index contributed by atoms with van der Waals surface area (Å²) in [5.41, 5.74) is 2.02. The fourth-order valence-corrected chi connectivity index (χ4v) is 7.50. The van der Waals surface area contributed by atoms with Crippen molar-refractivity contribution in [2.45, 2.75) is 83.7 Å². The van der Waals surface area contributed by atoms with Crippen LogP contribution in [0.2, 0.25) is 0 Å². The van der Waals surface area contributed by atoms with Crippen LogP contribution in [0.4, 0.5) is 0 Å². The monoisotopic (exact) mass is 602 g/mol. The Bertz CT molecular complexity index is 1350. The maximum atomic E-state index is 14.2. The molecule has 0 radical (unpaired) electrons. The molecule has 1 saturated carbocycles. The van der Waals surface area contributed by atoms with Gasteiger partial charge in [0.1, 0.15) is 6.04 Å². The van der Waals surface area contributed by atoms with Crippen LogP contribution in [-0.4, -0.2) is 61.3 Å². The molecule has 2 bridgehead atoms. The number of rotatable bonds is 10. The molecule has 11 heteroatoms. The molecule has 4 rings (SSSR count). The first-order valence-corrected chi connectivity index (χ1v) is 17.3. The summed E-state index contributed by atoms with van der Waals surface area (Å²) < 4.78 is 28.4. The van der Waals surface area contributed by atoms with Gasteiger partial charge in [0.15, 0.2) is 0 Å². The molecule has 1 fully saturated rings. The van der Waals surface area contributed by atoms with Gasteiger partial charge in [-0.1, -0.05) is 70.1 Å². The smallest absolute Gasteiger partial charge is 0.308 e. The van der Waals surface area contributed by atoms with E-state index >= 15 is 0 Å². The van der Waals surface area contributed by atoms with Crippen LogP contribution in [0.3, 0.4) is 0 Å². The molecule has 2 unspecified atom stereocenters. The normalized spacial score (nSPS) is 21.4. The minimum atomic E-state index is -3.68. The number of hydrogen-bond acceptors (Lipinski definition) is 5. The van der Waals surface area contributed by atoms with E-state index in [1.807, 2.05) is 25.1 Å². The maximum Gasteiger partial charge on any atom is 0.308 e. The molecule has 2 heterocycles. The molecule has 4 N–H and O–H groups in total. The van der Waals surface area contributed by atoms with Gasteiger partial charge in [-0.3, -0.25) is 14.4 Å². The summed E-state index contributed by atoms with van der Waals surface area (Å²) in [7, 11) is -3.68. The highest BCUT2D eigenvalue weighted by Gasteiger charge is 2.43. The average molecular weight is 603 g/mol. The molecule has 1 aromatic carbocycles. The van der Waals surface area contributed by atoms with Gasteiger partial charge in [0.05, 0.1) is 18.1 Å². The number of fused-ring (bicyclic) bond motifs is 5. The fraction of sp³-hybridized carbons (Fsp3) is 0.645. The Morgan fingerprint density at radius 2 is 1.81 bits per heavy atom. The van der Waals surface area contributed by atoms with Gasteiger partial charge in [-0.15, -0.1) is 0 Å². The lowest BCUT2D eigenvalue weighted by Gasteiger charge is -2.35. The Hall–Kier alpha value is -2.92. The molecular weight excluding hydrogens is 556 g/mol. The second kappa shape index (κ2) is 14.5. The molecule has 1 aromatic heterocycles. The number of aryl methyl sites for hydroxylation is 1. The summed E-state index contributed by atoms with van der Waals surface area (Å²) in [6.07, 6.45) is 11.6. The Labute approximate surface area is 249 Å². The highest BCUT2D eigenvalue weighted by molar-refractivity contribution is 7.88. The largest absolute Gasteiger partial charge is 0.481 e. The van der Waals surface area contributed by atoms with Gasteiger partial charge >= 0.3 is 5.97 Å². The number of sulfonamides is 1. The van der Waals surface area contributed by atoms with E-state index in [9.17, 15) is 27.9 Å². The first kappa shape index (κ1) is 32.0. The number of para-hydroxylation sites is 1. The second-order valence-corrected chi connectivity index (χ2v) is 13.9. The Morgan fingerprint density at radius 1 is 1.10 bits per heavy atom. The number of carbonyl (C=O) groups excluding carboxylic acids is 2. The van der Waals surface area contributed by atoms with Crippen molar-refractivity contribution < 1.29 is 27.9 Å². The number of aromatic nitrogens is 1. The molecule has 1 aliphatic heterocycles. The predicted molar refractivity (Wildman–Crippen MR) is 162 cm³/mol. The number of amides is 2. The highest BCUT2D eigenvalue weighted by Crippen LogP contribution is 2.40. The van der Waals surface area contributed by atoms with E-state index in [4.69, 9.17) is 0 Å². The molecule has 4 atom stereocenters. The van der Waals surface area contributed by atoms with Crippen LogP contribution < -0.4 is 15.4 Å². The Kier molecular flexibility index (Phi) is 11.1. The second-order valence-electron chi connectivity index (χ2n) is 12.0. The lowest BCUT2D eigenvalue weighted by molar-refractivity contribution is -0.149. The van der Waals surface area contributed by atoms with Gasteiger partial charge in [-0.2, -0.15) is 0 Å². The topological polar surface area (TPSA) is 147 Å². The third-order valence-electron chi connectivity index (χ3n) is 9.11. The summed E-state index contributed by atoms with van der Waals surface area (Å²) in [5.74, 6) is -4.40. The van der Waals surface area contributed by atoms with Crippen molar-refractivity contribution in [3.63, 3.8) is 0 Å². The summed E-state index contributed by atoms with van der Waals surface area (Å²) in [6.45, 7) is 2.93. The van der Waals surface area contributed by atoms with E-state index in [0.717, 1.165) is 80.6 Å². The molecule has 2 aromatic rings. The molecule has 0 spiro atoms. The van der Waals surface area contributed by atoms with E-state index in [2.05, 4.69) is 32.2 Å². The van der Waals surface area contributed by atoms with Crippen LogP contribution >= 0.6 is 0 Å². The molecule has 42 heavy (non-hydrogen) atoms. The number of hydrogen-bond donors (Lipinski definition) is 4. The zero-order chi connectivity index (χ0) is 30.3. The van der Waals surface area contributed by atoms with Crippen molar-refractivity contribution in [3.8, 4) is 0 Å². The average Bonchev–Trinajstić information content (AvgIpc) is 3.59. The quantitative estimate of drug-likeness (QED) is 0.328. The third-order valence-corrected chi connectivity index (χ3v) is 9.80. The first-order chi connectivity index (χ1) is 20.1. The SMILES string of the molecule is CCC(C1CCCC1)[C@@H](C(=O)N[C@H]1Cc2cn(c3ccccc23)CCCCCCNC1=O)C(CNS(C)(=O)=O)C(=O)O. The van der Waals surface area contributed by atoms with Crippen molar-refractivity contribution in [1.29, 1.82) is 0 Å². The van der Waals surface area contributed by atoms with Crippen LogP contribution in [-0.2, 0) is 37.4 Å². The van der Waals surface area contributed by atoms with Gasteiger partial charge < -0.3 is 20.3 Å². The van der Waals surface area contributed by atoms with Crippen molar-refractivity contribution in [2.75, 3.05) is 19.3 Å². The maximum absolute atomic E-state index is 14.2. The minimum absolute atomic E-state index is 0.165.